The van der Waals surface area contributed by atoms with Crippen LogP contribution in [0.3, 0.4) is 0 Å². The zero-order valence-electron chi connectivity index (χ0n) is 8.06. The van der Waals surface area contributed by atoms with Crippen LogP contribution in [0.25, 0.3) is 0 Å². The second-order valence-corrected chi connectivity index (χ2v) is 1.66. The number of allylic oxidation sites excluding steroid dienone is 2. The van der Waals surface area contributed by atoms with E-state index in [0.29, 0.717) is 0 Å². The highest BCUT2D eigenvalue weighted by Gasteiger charge is 1.45. The topological polar surface area (TPSA) is 0 Å². The summed E-state index contributed by atoms with van der Waals surface area (Å²) >= 11 is 0. The molecule has 0 unspecified atom stereocenters. The lowest BCUT2D eigenvalue weighted by atomic mass is 10.5. The molecule has 0 heteroatoms. The maximum absolute atomic E-state index is 4.78. The summed E-state index contributed by atoms with van der Waals surface area (Å²) in [5.41, 5.74) is 0. The Morgan fingerprint density at radius 2 is 1.55 bits per heavy atom. The maximum atomic E-state index is 4.78. The van der Waals surface area contributed by atoms with E-state index in [2.05, 4.69) is 26.0 Å². The normalized spacial score (nSPS) is 5.27. The predicted molar refractivity (Wildman–Crippen MR) is 55.5 cm³/mol. The molecular weight excluding hydrogens is 132 g/mol. The van der Waals surface area contributed by atoms with Crippen molar-refractivity contribution in [2.75, 3.05) is 0 Å². The fourth-order valence-electron chi connectivity index (χ4n) is 0. The minimum atomic E-state index is 0.847. The van der Waals surface area contributed by atoms with E-state index in [0.717, 1.165) is 12.8 Å². The van der Waals surface area contributed by atoms with Crippen LogP contribution in [-0.2, 0) is 0 Å². The van der Waals surface area contributed by atoms with Crippen molar-refractivity contribution in [3.63, 3.8) is 0 Å². The Hall–Kier alpha value is -0.960. The lowest BCUT2D eigenvalue weighted by Gasteiger charge is -1.57. The van der Waals surface area contributed by atoms with Crippen molar-refractivity contribution >= 4 is 0 Å². The van der Waals surface area contributed by atoms with Gasteiger partial charge in [0.1, 0.15) is 0 Å². The molecule has 0 spiro atoms. The first-order chi connectivity index (χ1) is 5.24. The first-order valence-corrected chi connectivity index (χ1v) is 3.86. The van der Waals surface area contributed by atoms with Gasteiger partial charge in [-0.2, -0.15) is 0 Å². The standard InChI is InChI=1S/C4H8.C4H6.C3H6/c2*1-3-4-2;1-3-2/h3H,1,4H2,2H3;1H,4H2,2H3;3H,1H2,2H3. The first kappa shape index (κ1) is 16.6. The van der Waals surface area contributed by atoms with E-state index in [-0.39, 0.29) is 0 Å². The Bertz CT molecular complexity index is 93.1. The molecule has 0 aliphatic carbocycles. The number of hydrogen-bond donors (Lipinski definition) is 0. The van der Waals surface area contributed by atoms with Crippen LogP contribution in [-0.4, -0.2) is 0 Å². The maximum Gasteiger partial charge on any atom is 0.00576 e. The molecule has 0 amide bonds. The van der Waals surface area contributed by atoms with Crippen LogP contribution >= 0.6 is 0 Å². The predicted octanol–water partition coefficient (Wildman–Crippen LogP) is 3.80. The summed E-state index contributed by atoms with van der Waals surface area (Å²) < 4.78 is 0. The lowest BCUT2D eigenvalue weighted by Crippen LogP contribution is -1.38. The Morgan fingerprint density at radius 3 is 1.55 bits per heavy atom. The van der Waals surface area contributed by atoms with Crippen LogP contribution in [0.4, 0.5) is 0 Å². The van der Waals surface area contributed by atoms with Crippen molar-refractivity contribution in [2.24, 2.45) is 0 Å². The van der Waals surface area contributed by atoms with Gasteiger partial charge < -0.3 is 0 Å². The van der Waals surface area contributed by atoms with Gasteiger partial charge in [0.2, 0.25) is 0 Å². The van der Waals surface area contributed by atoms with Crippen molar-refractivity contribution < 1.29 is 0 Å². The second-order valence-electron chi connectivity index (χ2n) is 1.66. The molecule has 0 aromatic heterocycles. The molecule has 0 fully saturated rings. The molecule has 0 rings (SSSR count). The van der Waals surface area contributed by atoms with Crippen molar-refractivity contribution in [1.82, 2.24) is 0 Å². The summed E-state index contributed by atoms with van der Waals surface area (Å²) in [5, 5.41) is 0. The monoisotopic (exact) mass is 152 g/mol. The average molecular weight is 152 g/mol. The molecule has 0 atom stereocenters. The van der Waals surface area contributed by atoms with E-state index in [9.17, 15) is 0 Å². The molecule has 0 saturated heterocycles. The summed E-state index contributed by atoms with van der Waals surface area (Å²) in [5.74, 6) is 2.43. The van der Waals surface area contributed by atoms with Gasteiger partial charge in [-0.15, -0.1) is 25.5 Å². The quantitative estimate of drug-likeness (QED) is 0.396. The molecule has 0 heterocycles. The minimum Gasteiger partial charge on any atom is -0.120 e. The fourth-order valence-corrected chi connectivity index (χ4v) is 0. The highest BCUT2D eigenvalue weighted by atomic mass is 13.5. The summed E-state index contributed by atoms with van der Waals surface area (Å²) in [7, 11) is 0. The van der Waals surface area contributed by atoms with Gasteiger partial charge in [-0.3, -0.25) is 0 Å². The summed E-state index contributed by atoms with van der Waals surface area (Å²) in [4.78, 5) is 0. The van der Waals surface area contributed by atoms with Crippen molar-refractivity contribution in [1.29, 1.82) is 0 Å². The molecule has 64 valence electrons. The smallest absolute Gasteiger partial charge is 0.00576 e. The van der Waals surface area contributed by atoms with E-state index in [4.69, 9.17) is 6.42 Å². The van der Waals surface area contributed by atoms with Gasteiger partial charge in [0.15, 0.2) is 0 Å². The van der Waals surface area contributed by atoms with Gasteiger partial charge in [0, 0.05) is 6.42 Å². The Labute approximate surface area is 72.0 Å². The van der Waals surface area contributed by atoms with Crippen molar-refractivity contribution in [2.45, 2.75) is 33.6 Å². The van der Waals surface area contributed by atoms with E-state index < -0.39 is 0 Å². The third-order valence-corrected chi connectivity index (χ3v) is 0.493. The summed E-state index contributed by atoms with van der Waals surface area (Å²) in [6, 6.07) is 0. The molecule has 0 aromatic carbocycles. The van der Waals surface area contributed by atoms with Crippen LogP contribution in [0.15, 0.2) is 25.3 Å². The van der Waals surface area contributed by atoms with Gasteiger partial charge in [0.05, 0.1) is 0 Å². The molecule has 0 nitrogen and oxygen atoms in total. The van der Waals surface area contributed by atoms with Crippen LogP contribution < -0.4 is 0 Å². The van der Waals surface area contributed by atoms with E-state index in [1.54, 1.807) is 6.08 Å². The molecule has 0 aromatic rings. The molecule has 11 heavy (non-hydrogen) atoms. The zero-order chi connectivity index (χ0) is 9.54. The van der Waals surface area contributed by atoms with Gasteiger partial charge in [0.25, 0.3) is 0 Å². The van der Waals surface area contributed by atoms with Crippen LogP contribution in [0, 0.1) is 12.3 Å². The molecule has 0 saturated carbocycles. The van der Waals surface area contributed by atoms with Gasteiger partial charge in [-0.1, -0.05) is 26.0 Å². The van der Waals surface area contributed by atoms with Gasteiger partial charge in [-0.05, 0) is 13.3 Å². The highest BCUT2D eigenvalue weighted by molar-refractivity contribution is 4.80. The van der Waals surface area contributed by atoms with Gasteiger partial charge in [-0.25, -0.2) is 0 Å². The Morgan fingerprint density at radius 1 is 1.36 bits per heavy atom. The van der Waals surface area contributed by atoms with Gasteiger partial charge >= 0.3 is 0 Å². The van der Waals surface area contributed by atoms with E-state index in [1.807, 2.05) is 19.9 Å². The van der Waals surface area contributed by atoms with Crippen LogP contribution in [0.2, 0.25) is 0 Å². The minimum absolute atomic E-state index is 0.847. The fraction of sp³-hybridized carbons (Fsp3) is 0.455. The molecule has 0 bridgehead atoms. The molecule has 0 aliphatic rings. The van der Waals surface area contributed by atoms with E-state index >= 15 is 0 Å². The van der Waals surface area contributed by atoms with Crippen molar-refractivity contribution in [3.05, 3.63) is 25.3 Å². The first-order valence-electron chi connectivity index (χ1n) is 3.86. The molecule has 0 radical (unpaired) electrons. The molecule has 0 aliphatic heterocycles. The number of rotatable bonds is 1. The lowest BCUT2D eigenvalue weighted by molar-refractivity contribution is 1.23. The van der Waals surface area contributed by atoms with E-state index in [1.165, 1.54) is 0 Å². The summed E-state index contributed by atoms with van der Waals surface area (Å²) in [6.07, 6.45) is 10.3. The Kier molecular flexibility index (Phi) is 53.9. The summed E-state index contributed by atoms with van der Waals surface area (Å²) in [6.45, 7) is 12.7. The van der Waals surface area contributed by atoms with Crippen LogP contribution in [0.1, 0.15) is 33.6 Å². The average Bonchev–Trinajstić information content (AvgIpc) is 2.06. The Balaban J connectivity index is -0.0000000886. The third kappa shape index (κ3) is 414. The zero-order valence-corrected chi connectivity index (χ0v) is 8.06. The number of terminal acetylenes is 1. The SMILES string of the molecule is C#CCC.C=CC.C=CCC. The molecular formula is C11H20. The third-order valence-electron chi connectivity index (χ3n) is 0.493. The van der Waals surface area contributed by atoms with Crippen molar-refractivity contribution in [3.8, 4) is 12.3 Å². The molecule has 0 N–H and O–H groups in total. The number of hydrogen-bond acceptors (Lipinski definition) is 0. The second kappa shape index (κ2) is 35.8. The largest absolute Gasteiger partial charge is 0.120 e. The highest BCUT2D eigenvalue weighted by Crippen LogP contribution is 1.66. The van der Waals surface area contributed by atoms with Crippen LogP contribution in [0.5, 0.6) is 0 Å².